The zero-order valence-electron chi connectivity index (χ0n) is 8.32. The molecule has 0 heterocycles. The molecule has 0 aromatic heterocycles. The van der Waals surface area contributed by atoms with E-state index in [1.165, 1.54) is 0 Å². The molecule has 0 bridgehead atoms. The van der Waals surface area contributed by atoms with Gasteiger partial charge in [0.1, 0.15) is 0 Å². The van der Waals surface area contributed by atoms with Gasteiger partial charge in [0.15, 0.2) is 5.08 Å². The number of hydrogen-bond acceptors (Lipinski definition) is 0. The van der Waals surface area contributed by atoms with Crippen molar-refractivity contribution in [1.29, 1.82) is 0 Å². The minimum absolute atomic E-state index is 0.0756. The summed E-state index contributed by atoms with van der Waals surface area (Å²) in [6, 6.07) is 0. The highest BCUT2D eigenvalue weighted by atomic mass is 79.9. The molecule has 0 aromatic carbocycles. The van der Waals surface area contributed by atoms with Crippen LogP contribution in [0.3, 0.4) is 0 Å². The van der Waals surface area contributed by atoms with Crippen LogP contribution in [0.1, 0.15) is 44.9 Å². The van der Waals surface area contributed by atoms with Crippen molar-refractivity contribution >= 4 is 31.9 Å². The molecule has 0 saturated heterocycles. The fourth-order valence-electron chi connectivity index (χ4n) is 1.27. The molecule has 86 valence electrons. The Balaban J connectivity index is 3.06. The van der Waals surface area contributed by atoms with E-state index in [1.807, 2.05) is 0 Å². The van der Waals surface area contributed by atoms with Crippen LogP contribution >= 0.6 is 31.9 Å². The first-order valence-electron chi connectivity index (χ1n) is 5.16. The third-order valence-corrected chi connectivity index (χ3v) is 4.41. The first-order valence-corrected chi connectivity index (χ1v) is 6.99. The van der Waals surface area contributed by atoms with Crippen LogP contribution in [-0.2, 0) is 0 Å². The van der Waals surface area contributed by atoms with Gasteiger partial charge in [-0.3, -0.25) is 4.39 Å². The molecule has 0 radical (unpaired) electrons. The van der Waals surface area contributed by atoms with Crippen LogP contribution in [0.15, 0.2) is 0 Å². The molecular weight excluding hydrogens is 318 g/mol. The molecule has 0 aromatic rings. The molecule has 0 aliphatic heterocycles. The number of rotatable bonds is 9. The van der Waals surface area contributed by atoms with Crippen molar-refractivity contribution in [1.82, 2.24) is 0 Å². The maximum absolute atomic E-state index is 12.6. The van der Waals surface area contributed by atoms with Gasteiger partial charge in [-0.1, -0.05) is 64.0 Å². The van der Waals surface area contributed by atoms with Gasteiger partial charge < -0.3 is 0 Å². The Bertz CT molecular complexity index is 121. The van der Waals surface area contributed by atoms with E-state index >= 15 is 0 Å². The summed E-state index contributed by atoms with van der Waals surface area (Å²) in [5.41, 5.74) is 0. The molecule has 0 N–H and O–H groups in total. The summed E-state index contributed by atoms with van der Waals surface area (Å²) >= 11 is 6.15. The van der Waals surface area contributed by atoms with Crippen LogP contribution in [0.4, 0.5) is 8.78 Å². The molecule has 2 atom stereocenters. The molecule has 0 aliphatic carbocycles. The van der Waals surface area contributed by atoms with E-state index in [0.29, 0.717) is 6.42 Å². The standard InChI is InChI=1S/C10H18Br2F2/c11-9(10(12)14)7-5-3-1-2-4-6-8-13/h9-10H,1-8H2. The van der Waals surface area contributed by atoms with Crippen LogP contribution < -0.4 is 0 Å². The summed E-state index contributed by atoms with van der Waals surface area (Å²) in [5, 5.41) is -0.950. The van der Waals surface area contributed by atoms with Crippen LogP contribution in [0.25, 0.3) is 0 Å². The van der Waals surface area contributed by atoms with Crippen molar-refractivity contribution in [3.05, 3.63) is 0 Å². The Hall–Kier alpha value is 0.820. The lowest BCUT2D eigenvalue weighted by atomic mass is 10.1. The zero-order chi connectivity index (χ0) is 10.8. The summed E-state index contributed by atoms with van der Waals surface area (Å²) < 4.78 is 24.3. The smallest absolute Gasteiger partial charge is 0.167 e. The highest BCUT2D eigenvalue weighted by molar-refractivity contribution is 9.12. The van der Waals surface area contributed by atoms with Crippen LogP contribution in [0.5, 0.6) is 0 Å². The normalized spacial score (nSPS) is 15.4. The Morgan fingerprint density at radius 3 is 1.86 bits per heavy atom. The second kappa shape index (κ2) is 10.3. The second-order valence-corrected chi connectivity index (χ2v) is 5.50. The molecular formula is C10H18Br2F2. The fraction of sp³-hybridized carbons (Fsp3) is 1.00. The topological polar surface area (TPSA) is 0 Å². The van der Waals surface area contributed by atoms with Gasteiger partial charge in [-0.2, -0.15) is 0 Å². The Kier molecular flexibility index (Phi) is 10.9. The number of halogens is 4. The van der Waals surface area contributed by atoms with Gasteiger partial charge in [0.25, 0.3) is 0 Å². The third kappa shape index (κ3) is 9.38. The predicted molar refractivity (Wildman–Crippen MR) is 64.8 cm³/mol. The molecule has 0 rings (SSSR count). The summed E-state index contributed by atoms with van der Waals surface area (Å²) in [6.45, 7) is -0.198. The number of unbranched alkanes of at least 4 members (excludes halogenated alkanes) is 5. The molecule has 0 spiro atoms. The molecule has 0 fully saturated rings. The molecule has 14 heavy (non-hydrogen) atoms. The first kappa shape index (κ1) is 14.8. The van der Waals surface area contributed by atoms with E-state index in [2.05, 4.69) is 31.9 Å². The molecule has 2 unspecified atom stereocenters. The van der Waals surface area contributed by atoms with Gasteiger partial charge in [-0.05, 0) is 12.8 Å². The van der Waals surface area contributed by atoms with E-state index in [4.69, 9.17) is 0 Å². The van der Waals surface area contributed by atoms with Crippen molar-refractivity contribution in [3.63, 3.8) is 0 Å². The average molecular weight is 336 g/mol. The molecule has 0 nitrogen and oxygen atoms in total. The zero-order valence-corrected chi connectivity index (χ0v) is 11.5. The highest BCUT2D eigenvalue weighted by Gasteiger charge is 2.12. The predicted octanol–water partition coefficient (Wildman–Crippen LogP) is 5.14. The monoisotopic (exact) mass is 334 g/mol. The van der Waals surface area contributed by atoms with Crippen LogP contribution in [0.2, 0.25) is 0 Å². The Morgan fingerprint density at radius 1 is 0.857 bits per heavy atom. The number of alkyl halides is 4. The minimum Gasteiger partial charge on any atom is -0.251 e. The fourth-order valence-corrected chi connectivity index (χ4v) is 1.85. The van der Waals surface area contributed by atoms with Crippen LogP contribution in [-0.4, -0.2) is 16.6 Å². The summed E-state index contributed by atoms with van der Waals surface area (Å²) in [5.74, 6) is 0. The SMILES string of the molecule is FCCCCCCCCC(Br)C(F)Br. The van der Waals surface area contributed by atoms with Gasteiger partial charge in [-0.15, -0.1) is 0 Å². The lowest BCUT2D eigenvalue weighted by molar-refractivity contribution is 0.428. The lowest BCUT2D eigenvalue weighted by Crippen LogP contribution is -2.07. The van der Waals surface area contributed by atoms with Crippen molar-refractivity contribution in [2.75, 3.05) is 6.67 Å². The quantitative estimate of drug-likeness (QED) is 0.404. The summed E-state index contributed by atoms with van der Waals surface area (Å²) in [6.07, 6.45) is 6.93. The van der Waals surface area contributed by atoms with Crippen molar-refractivity contribution in [3.8, 4) is 0 Å². The first-order chi connectivity index (χ1) is 6.68. The molecule has 0 aliphatic rings. The second-order valence-electron chi connectivity index (χ2n) is 3.45. The molecule has 0 amide bonds. The molecule has 4 heteroatoms. The van der Waals surface area contributed by atoms with E-state index < -0.39 is 5.08 Å². The summed E-state index contributed by atoms with van der Waals surface area (Å²) in [4.78, 5) is -0.0756. The maximum atomic E-state index is 12.6. The lowest BCUT2D eigenvalue weighted by Gasteiger charge is -2.08. The van der Waals surface area contributed by atoms with E-state index in [9.17, 15) is 8.78 Å². The summed E-state index contributed by atoms with van der Waals surface area (Å²) in [7, 11) is 0. The highest BCUT2D eigenvalue weighted by Crippen LogP contribution is 2.21. The van der Waals surface area contributed by atoms with Crippen LogP contribution in [0, 0.1) is 0 Å². The van der Waals surface area contributed by atoms with E-state index in [-0.39, 0.29) is 11.5 Å². The van der Waals surface area contributed by atoms with Gasteiger partial charge >= 0.3 is 0 Å². The van der Waals surface area contributed by atoms with E-state index in [1.54, 1.807) is 0 Å². The van der Waals surface area contributed by atoms with Crippen molar-refractivity contribution < 1.29 is 8.78 Å². The average Bonchev–Trinajstić information content (AvgIpc) is 2.16. The molecule has 0 saturated carbocycles. The Morgan fingerprint density at radius 2 is 1.36 bits per heavy atom. The largest absolute Gasteiger partial charge is 0.251 e. The van der Waals surface area contributed by atoms with Crippen molar-refractivity contribution in [2.45, 2.75) is 54.9 Å². The van der Waals surface area contributed by atoms with Gasteiger partial charge in [0.05, 0.1) is 11.5 Å². The minimum atomic E-state index is -0.950. The number of hydrogen-bond donors (Lipinski definition) is 0. The Labute approximate surface area is 102 Å². The van der Waals surface area contributed by atoms with Gasteiger partial charge in [-0.25, -0.2) is 4.39 Å². The maximum Gasteiger partial charge on any atom is 0.167 e. The van der Waals surface area contributed by atoms with E-state index in [0.717, 1.165) is 38.5 Å². The van der Waals surface area contributed by atoms with Gasteiger partial charge in [0, 0.05) is 0 Å². The third-order valence-electron chi connectivity index (χ3n) is 2.14. The van der Waals surface area contributed by atoms with Crippen molar-refractivity contribution in [2.24, 2.45) is 0 Å². The van der Waals surface area contributed by atoms with Gasteiger partial charge in [0.2, 0.25) is 0 Å².